The molecular weight excluding hydrogens is 344 g/mol. The van der Waals surface area contributed by atoms with E-state index in [9.17, 15) is 4.79 Å². The van der Waals surface area contributed by atoms with E-state index in [1.165, 1.54) is 11.1 Å². The quantitative estimate of drug-likeness (QED) is 0.696. The van der Waals surface area contributed by atoms with E-state index in [1.54, 1.807) is 0 Å². The number of ether oxygens (including phenoxy) is 1. The molecule has 0 heterocycles. The van der Waals surface area contributed by atoms with Crippen LogP contribution in [0, 0.1) is 0 Å². The molecule has 1 atom stereocenters. The molecule has 138 valence electrons. The van der Waals surface area contributed by atoms with Crippen molar-refractivity contribution in [1.29, 1.82) is 0 Å². The molecule has 4 nitrogen and oxygen atoms in total. The first-order valence-corrected chi connectivity index (χ1v) is 9.35. The van der Waals surface area contributed by atoms with Crippen LogP contribution >= 0.6 is 12.2 Å². The number of para-hydroxylation sites is 1. The van der Waals surface area contributed by atoms with E-state index < -0.39 is 0 Å². The van der Waals surface area contributed by atoms with Crippen molar-refractivity contribution in [3.63, 3.8) is 0 Å². The molecule has 0 aliphatic rings. The Morgan fingerprint density at radius 1 is 1.12 bits per heavy atom. The standard InChI is InChI=1S/C21H26N2O2S/c1-4-15(3)18-8-6-7-9-19(18)22-21(26)23-20(24)14-25-17-12-10-16(5-2)11-13-17/h6-13,15H,4-5,14H2,1-3H3,(H2,22,23,24,26)/t15-/m0/s1. The smallest absolute Gasteiger partial charge is 0.264 e. The molecule has 2 aromatic carbocycles. The number of rotatable bonds is 7. The fourth-order valence-electron chi connectivity index (χ4n) is 2.55. The van der Waals surface area contributed by atoms with Crippen LogP contribution in [0.15, 0.2) is 48.5 Å². The number of amides is 1. The van der Waals surface area contributed by atoms with Crippen molar-refractivity contribution in [3.05, 3.63) is 59.7 Å². The third-order valence-electron chi connectivity index (χ3n) is 4.31. The maximum absolute atomic E-state index is 12.1. The molecule has 0 saturated heterocycles. The van der Waals surface area contributed by atoms with Crippen LogP contribution in [0.3, 0.4) is 0 Å². The number of aryl methyl sites for hydroxylation is 1. The average Bonchev–Trinajstić information content (AvgIpc) is 2.66. The Kier molecular flexibility index (Phi) is 7.60. The lowest BCUT2D eigenvalue weighted by Crippen LogP contribution is -2.37. The van der Waals surface area contributed by atoms with Crippen molar-refractivity contribution in [2.24, 2.45) is 0 Å². The molecule has 2 rings (SSSR count). The van der Waals surface area contributed by atoms with Gasteiger partial charge in [0.05, 0.1) is 0 Å². The predicted molar refractivity (Wildman–Crippen MR) is 111 cm³/mol. The van der Waals surface area contributed by atoms with Gasteiger partial charge in [0, 0.05) is 5.69 Å². The maximum atomic E-state index is 12.1. The Hall–Kier alpha value is -2.40. The Morgan fingerprint density at radius 3 is 2.46 bits per heavy atom. The summed E-state index contributed by atoms with van der Waals surface area (Å²) in [4.78, 5) is 12.1. The molecule has 0 saturated carbocycles. The number of carbonyl (C=O) groups excluding carboxylic acids is 1. The highest BCUT2D eigenvalue weighted by atomic mass is 32.1. The second kappa shape index (κ2) is 9.92. The molecule has 0 aliphatic carbocycles. The van der Waals surface area contributed by atoms with Crippen molar-refractivity contribution in [2.75, 3.05) is 11.9 Å². The highest BCUT2D eigenvalue weighted by molar-refractivity contribution is 7.80. The van der Waals surface area contributed by atoms with Crippen LogP contribution in [0.4, 0.5) is 5.69 Å². The molecule has 26 heavy (non-hydrogen) atoms. The van der Waals surface area contributed by atoms with Gasteiger partial charge in [0.1, 0.15) is 5.75 Å². The molecule has 5 heteroatoms. The lowest BCUT2D eigenvalue weighted by Gasteiger charge is -2.17. The maximum Gasteiger partial charge on any atom is 0.264 e. The van der Waals surface area contributed by atoms with E-state index in [0.717, 1.165) is 18.5 Å². The normalized spacial score (nSPS) is 11.5. The molecule has 1 amide bonds. The predicted octanol–water partition coefficient (Wildman–Crippen LogP) is 4.65. The Balaban J connectivity index is 1.86. The Morgan fingerprint density at radius 2 is 1.81 bits per heavy atom. The van der Waals surface area contributed by atoms with E-state index >= 15 is 0 Å². The first kappa shape index (κ1) is 19.9. The molecule has 0 aliphatic heterocycles. The first-order chi connectivity index (χ1) is 12.5. The van der Waals surface area contributed by atoms with Gasteiger partial charge in [0.25, 0.3) is 5.91 Å². The fraction of sp³-hybridized carbons (Fsp3) is 0.333. The summed E-state index contributed by atoms with van der Waals surface area (Å²) < 4.78 is 5.50. The topological polar surface area (TPSA) is 50.4 Å². The number of thiocarbonyl (C=S) groups is 1. The van der Waals surface area contributed by atoms with Gasteiger partial charge in [-0.05, 0) is 60.3 Å². The summed E-state index contributed by atoms with van der Waals surface area (Å²) in [7, 11) is 0. The molecule has 2 aromatic rings. The summed E-state index contributed by atoms with van der Waals surface area (Å²) in [5.41, 5.74) is 3.33. The minimum absolute atomic E-state index is 0.0830. The van der Waals surface area contributed by atoms with Gasteiger partial charge in [-0.3, -0.25) is 10.1 Å². The summed E-state index contributed by atoms with van der Waals surface area (Å²) in [6, 6.07) is 15.7. The lowest BCUT2D eigenvalue weighted by molar-refractivity contribution is -0.121. The van der Waals surface area contributed by atoms with Crippen molar-refractivity contribution in [2.45, 2.75) is 39.5 Å². The number of anilines is 1. The second-order valence-corrected chi connectivity index (χ2v) is 6.59. The number of hydrogen-bond acceptors (Lipinski definition) is 3. The Labute approximate surface area is 161 Å². The molecule has 0 aromatic heterocycles. The first-order valence-electron chi connectivity index (χ1n) is 8.95. The zero-order chi connectivity index (χ0) is 18.9. The van der Waals surface area contributed by atoms with E-state index in [0.29, 0.717) is 11.7 Å². The summed E-state index contributed by atoms with van der Waals surface area (Å²) in [5.74, 6) is 0.785. The molecule has 0 radical (unpaired) electrons. The van der Waals surface area contributed by atoms with Gasteiger partial charge in [0.15, 0.2) is 11.7 Å². The molecule has 0 bridgehead atoms. The summed E-state index contributed by atoms with van der Waals surface area (Å²) in [6.45, 7) is 6.32. The third-order valence-corrected chi connectivity index (χ3v) is 4.51. The number of benzene rings is 2. The number of nitrogens with one attached hydrogen (secondary N) is 2. The van der Waals surface area contributed by atoms with E-state index in [2.05, 4.69) is 37.5 Å². The molecule has 0 spiro atoms. The van der Waals surface area contributed by atoms with Gasteiger partial charge in [-0.15, -0.1) is 0 Å². The van der Waals surface area contributed by atoms with Crippen molar-refractivity contribution < 1.29 is 9.53 Å². The van der Waals surface area contributed by atoms with E-state index in [1.807, 2.05) is 42.5 Å². The molecule has 2 N–H and O–H groups in total. The van der Waals surface area contributed by atoms with Crippen LogP contribution in [0.1, 0.15) is 44.2 Å². The van der Waals surface area contributed by atoms with Crippen molar-refractivity contribution in [1.82, 2.24) is 5.32 Å². The van der Waals surface area contributed by atoms with E-state index in [4.69, 9.17) is 17.0 Å². The van der Waals surface area contributed by atoms with Gasteiger partial charge >= 0.3 is 0 Å². The zero-order valence-electron chi connectivity index (χ0n) is 15.5. The monoisotopic (exact) mass is 370 g/mol. The fourth-order valence-corrected chi connectivity index (χ4v) is 2.77. The van der Waals surface area contributed by atoms with Gasteiger partial charge in [-0.25, -0.2) is 0 Å². The number of carbonyl (C=O) groups is 1. The summed E-state index contributed by atoms with van der Waals surface area (Å²) in [6.07, 6.45) is 2.00. The third kappa shape index (κ3) is 5.85. The van der Waals surface area contributed by atoms with Crippen LogP contribution < -0.4 is 15.4 Å². The number of hydrogen-bond donors (Lipinski definition) is 2. The molecular formula is C21H26N2O2S. The largest absolute Gasteiger partial charge is 0.484 e. The minimum Gasteiger partial charge on any atom is -0.484 e. The second-order valence-electron chi connectivity index (χ2n) is 6.19. The van der Waals surface area contributed by atoms with Gasteiger partial charge in [-0.2, -0.15) is 0 Å². The van der Waals surface area contributed by atoms with Crippen LogP contribution in [0.2, 0.25) is 0 Å². The summed E-state index contributed by atoms with van der Waals surface area (Å²) >= 11 is 5.26. The van der Waals surface area contributed by atoms with Gasteiger partial charge < -0.3 is 10.1 Å². The Bertz CT molecular complexity index is 744. The van der Waals surface area contributed by atoms with Crippen molar-refractivity contribution >= 4 is 28.9 Å². The van der Waals surface area contributed by atoms with Crippen molar-refractivity contribution in [3.8, 4) is 5.75 Å². The van der Waals surface area contributed by atoms with Gasteiger partial charge in [-0.1, -0.05) is 51.1 Å². The highest BCUT2D eigenvalue weighted by Gasteiger charge is 2.11. The zero-order valence-corrected chi connectivity index (χ0v) is 16.4. The molecule has 0 unspecified atom stereocenters. The van der Waals surface area contributed by atoms with Gasteiger partial charge in [0.2, 0.25) is 0 Å². The molecule has 0 fully saturated rings. The van der Waals surface area contributed by atoms with Crippen LogP contribution in [0.25, 0.3) is 0 Å². The van der Waals surface area contributed by atoms with Crippen LogP contribution in [-0.4, -0.2) is 17.6 Å². The van der Waals surface area contributed by atoms with Crippen LogP contribution in [-0.2, 0) is 11.2 Å². The average molecular weight is 371 g/mol. The minimum atomic E-state index is -0.289. The SMILES string of the molecule is CCc1ccc(OCC(=O)NC(=S)Nc2ccccc2[C@@H](C)CC)cc1. The van der Waals surface area contributed by atoms with E-state index in [-0.39, 0.29) is 17.6 Å². The lowest BCUT2D eigenvalue weighted by atomic mass is 9.97. The van der Waals surface area contributed by atoms with Crippen LogP contribution in [0.5, 0.6) is 5.75 Å². The summed E-state index contributed by atoms with van der Waals surface area (Å²) in [5, 5.41) is 6.05. The highest BCUT2D eigenvalue weighted by Crippen LogP contribution is 2.26.